The molecule has 4 nitrogen and oxygen atoms in total. The van der Waals surface area contributed by atoms with E-state index in [0.717, 1.165) is 28.7 Å². The molecule has 0 fully saturated rings. The van der Waals surface area contributed by atoms with E-state index >= 15 is 0 Å². The quantitative estimate of drug-likeness (QED) is 0.320. The largest absolute Gasteiger partial charge is 0.352 e. The Bertz CT molecular complexity index is 1180. The van der Waals surface area contributed by atoms with E-state index in [0.29, 0.717) is 22.0 Å². The number of carbonyl (C=O) groups is 2. The van der Waals surface area contributed by atoms with Gasteiger partial charge in [0.25, 0.3) is 0 Å². The van der Waals surface area contributed by atoms with Gasteiger partial charge in [-0.3, -0.25) is 9.59 Å². The minimum Gasteiger partial charge on any atom is -0.352 e. The van der Waals surface area contributed by atoms with Crippen LogP contribution in [0, 0.1) is 13.8 Å². The van der Waals surface area contributed by atoms with Crippen LogP contribution < -0.4 is 5.32 Å². The average Bonchev–Trinajstić information content (AvgIpc) is 2.85. The van der Waals surface area contributed by atoms with Gasteiger partial charge in [-0.05, 0) is 56.0 Å². The standard InChI is InChI=1S/C30H34Cl2N2O2/c1-5-22(4)33-30(36)28(17-23-10-7-6-8-11-23)34(19-25-26(31)12-9-13-27(25)32)29(35)18-24-16-20(2)14-15-21(24)3/h6-16,22,28H,5,17-19H2,1-4H3,(H,33,36)/t22-,28+/m1/s1. The van der Waals surface area contributed by atoms with E-state index in [4.69, 9.17) is 23.2 Å². The van der Waals surface area contributed by atoms with Crippen LogP contribution in [0.5, 0.6) is 0 Å². The second kappa shape index (κ2) is 12.9. The van der Waals surface area contributed by atoms with Crippen LogP contribution in [0.15, 0.2) is 66.7 Å². The van der Waals surface area contributed by atoms with E-state index in [1.165, 1.54) is 0 Å². The normalized spacial score (nSPS) is 12.6. The zero-order valence-corrected chi connectivity index (χ0v) is 22.9. The zero-order valence-electron chi connectivity index (χ0n) is 21.4. The van der Waals surface area contributed by atoms with E-state index in [1.54, 1.807) is 23.1 Å². The van der Waals surface area contributed by atoms with Crippen LogP contribution in [0.3, 0.4) is 0 Å². The maximum atomic E-state index is 14.0. The molecule has 0 aliphatic carbocycles. The van der Waals surface area contributed by atoms with Gasteiger partial charge in [0, 0.05) is 34.6 Å². The van der Waals surface area contributed by atoms with Crippen molar-refractivity contribution in [2.75, 3.05) is 0 Å². The van der Waals surface area contributed by atoms with Crippen molar-refractivity contribution >= 4 is 35.0 Å². The predicted molar refractivity (Wildman–Crippen MR) is 148 cm³/mol. The van der Waals surface area contributed by atoms with Gasteiger partial charge < -0.3 is 10.2 Å². The number of nitrogens with one attached hydrogen (secondary N) is 1. The highest BCUT2D eigenvalue weighted by Gasteiger charge is 2.32. The van der Waals surface area contributed by atoms with Crippen LogP contribution in [-0.2, 0) is 29.0 Å². The molecule has 3 rings (SSSR count). The van der Waals surface area contributed by atoms with Crippen LogP contribution >= 0.6 is 23.2 Å². The molecule has 0 aliphatic rings. The summed E-state index contributed by atoms with van der Waals surface area (Å²) in [4.78, 5) is 29.2. The first-order chi connectivity index (χ1) is 17.2. The smallest absolute Gasteiger partial charge is 0.243 e. The maximum absolute atomic E-state index is 14.0. The van der Waals surface area contributed by atoms with Gasteiger partial charge in [0.05, 0.1) is 6.42 Å². The van der Waals surface area contributed by atoms with Crippen LogP contribution in [0.2, 0.25) is 10.0 Å². The molecule has 3 aromatic rings. The third-order valence-electron chi connectivity index (χ3n) is 6.51. The summed E-state index contributed by atoms with van der Waals surface area (Å²) >= 11 is 13.0. The van der Waals surface area contributed by atoms with Crippen molar-refractivity contribution in [1.29, 1.82) is 0 Å². The van der Waals surface area contributed by atoms with Crippen molar-refractivity contribution in [3.05, 3.63) is 105 Å². The first kappa shape index (κ1) is 27.8. The fraction of sp³-hybridized carbons (Fsp3) is 0.333. The van der Waals surface area contributed by atoms with Gasteiger partial charge in [0.2, 0.25) is 11.8 Å². The molecule has 0 bridgehead atoms. The Morgan fingerprint density at radius 1 is 0.944 bits per heavy atom. The monoisotopic (exact) mass is 524 g/mol. The molecule has 2 atom stereocenters. The van der Waals surface area contributed by atoms with Crippen LogP contribution in [0.1, 0.15) is 48.1 Å². The molecule has 36 heavy (non-hydrogen) atoms. The van der Waals surface area contributed by atoms with Gasteiger partial charge in [-0.2, -0.15) is 0 Å². The Labute approximate surface area is 224 Å². The number of carbonyl (C=O) groups excluding carboxylic acids is 2. The molecule has 0 aliphatic heterocycles. The number of rotatable bonds is 10. The van der Waals surface area contributed by atoms with Crippen LogP contribution in [0.25, 0.3) is 0 Å². The van der Waals surface area contributed by atoms with Crippen molar-refractivity contribution in [1.82, 2.24) is 10.2 Å². The summed E-state index contributed by atoms with van der Waals surface area (Å²) < 4.78 is 0. The Kier molecular flexibility index (Phi) is 9.98. The van der Waals surface area contributed by atoms with Crippen LogP contribution in [0.4, 0.5) is 0 Å². The fourth-order valence-corrected chi connectivity index (χ4v) is 4.62. The molecule has 3 aromatic carbocycles. The van der Waals surface area contributed by atoms with E-state index < -0.39 is 6.04 Å². The molecule has 6 heteroatoms. The molecule has 0 spiro atoms. The zero-order chi connectivity index (χ0) is 26.2. The highest BCUT2D eigenvalue weighted by atomic mass is 35.5. The molecular formula is C30H34Cl2N2O2. The van der Waals surface area contributed by atoms with Gasteiger partial charge in [0.1, 0.15) is 6.04 Å². The molecule has 0 saturated carbocycles. The molecule has 0 saturated heterocycles. The highest BCUT2D eigenvalue weighted by molar-refractivity contribution is 6.36. The summed E-state index contributed by atoms with van der Waals surface area (Å²) in [5.41, 5.74) is 4.66. The Hall–Kier alpha value is -2.82. The summed E-state index contributed by atoms with van der Waals surface area (Å²) in [6.07, 6.45) is 1.35. The lowest BCUT2D eigenvalue weighted by Crippen LogP contribution is -2.52. The van der Waals surface area contributed by atoms with Crippen molar-refractivity contribution in [2.45, 2.75) is 65.6 Å². The number of amides is 2. The highest BCUT2D eigenvalue weighted by Crippen LogP contribution is 2.28. The van der Waals surface area contributed by atoms with E-state index in [1.807, 2.05) is 76.2 Å². The summed E-state index contributed by atoms with van der Waals surface area (Å²) in [6, 6.07) is 20.4. The lowest BCUT2D eigenvalue weighted by molar-refractivity contribution is -0.141. The van der Waals surface area contributed by atoms with Crippen molar-refractivity contribution < 1.29 is 9.59 Å². The average molecular weight is 526 g/mol. The molecule has 190 valence electrons. The van der Waals surface area contributed by atoms with Gasteiger partial charge in [-0.1, -0.05) is 90.3 Å². The second-order valence-electron chi connectivity index (χ2n) is 9.35. The molecule has 0 aromatic heterocycles. The van der Waals surface area contributed by atoms with Gasteiger partial charge in [0.15, 0.2) is 0 Å². The third kappa shape index (κ3) is 7.35. The summed E-state index contributed by atoms with van der Waals surface area (Å²) in [5, 5.41) is 4.02. The van der Waals surface area contributed by atoms with Gasteiger partial charge in [-0.25, -0.2) is 0 Å². The molecule has 0 radical (unpaired) electrons. The Morgan fingerprint density at radius 3 is 2.25 bits per heavy atom. The summed E-state index contributed by atoms with van der Waals surface area (Å²) in [5.74, 6) is -0.342. The first-order valence-electron chi connectivity index (χ1n) is 12.3. The second-order valence-corrected chi connectivity index (χ2v) is 10.2. The number of halogens is 2. The van der Waals surface area contributed by atoms with Crippen LogP contribution in [-0.4, -0.2) is 28.8 Å². The Morgan fingerprint density at radius 2 is 1.61 bits per heavy atom. The van der Waals surface area contributed by atoms with Gasteiger partial charge >= 0.3 is 0 Å². The van der Waals surface area contributed by atoms with Gasteiger partial charge in [-0.15, -0.1) is 0 Å². The number of benzene rings is 3. The van der Waals surface area contributed by atoms with E-state index in [2.05, 4.69) is 5.32 Å². The first-order valence-corrected chi connectivity index (χ1v) is 13.1. The Balaban J connectivity index is 2.05. The third-order valence-corrected chi connectivity index (χ3v) is 7.22. The number of hydrogen-bond acceptors (Lipinski definition) is 2. The number of nitrogens with zero attached hydrogens (tertiary/aromatic N) is 1. The topological polar surface area (TPSA) is 49.4 Å². The van der Waals surface area contributed by atoms with E-state index in [-0.39, 0.29) is 30.8 Å². The lowest BCUT2D eigenvalue weighted by Gasteiger charge is -2.33. The maximum Gasteiger partial charge on any atom is 0.243 e. The number of hydrogen-bond donors (Lipinski definition) is 1. The SMILES string of the molecule is CC[C@@H](C)NC(=O)[C@H](Cc1ccccc1)N(Cc1c(Cl)cccc1Cl)C(=O)Cc1cc(C)ccc1C. The molecule has 0 unspecified atom stereocenters. The minimum absolute atomic E-state index is 0.0179. The van der Waals surface area contributed by atoms with Crippen molar-refractivity contribution in [2.24, 2.45) is 0 Å². The molecule has 0 heterocycles. The van der Waals surface area contributed by atoms with Crippen molar-refractivity contribution in [3.63, 3.8) is 0 Å². The number of aryl methyl sites for hydroxylation is 2. The van der Waals surface area contributed by atoms with E-state index in [9.17, 15) is 9.59 Å². The fourth-order valence-electron chi connectivity index (χ4n) is 4.10. The minimum atomic E-state index is -0.730. The summed E-state index contributed by atoms with van der Waals surface area (Å²) in [6.45, 7) is 8.11. The summed E-state index contributed by atoms with van der Waals surface area (Å²) in [7, 11) is 0. The van der Waals surface area contributed by atoms with Crippen molar-refractivity contribution in [3.8, 4) is 0 Å². The molecule has 1 N–H and O–H groups in total. The predicted octanol–water partition coefficient (Wildman–Crippen LogP) is 6.71. The lowest BCUT2D eigenvalue weighted by atomic mass is 9.99. The molecular weight excluding hydrogens is 491 g/mol. The molecule has 2 amide bonds.